The van der Waals surface area contributed by atoms with Gasteiger partial charge in [-0.2, -0.15) is 0 Å². The first-order valence-corrected chi connectivity index (χ1v) is 17.4. The fourth-order valence-corrected chi connectivity index (χ4v) is 6.87. The average Bonchev–Trinajstić information content (AvgIpc) is 3.06. The number of nitrogens with one attached hydrogen (secondary N) is 1. The normalized spacial score (nSPS) is 12.0. The van der Waals surface area contributed by atoms with Crippen LogP contribution in [0.15, 0.2) is 102 Å². The fourth-order valence-electron chi connectivity index (χ4n) is 4.87. The molecule has 0 saturated heterocycles. The molecule has 0 aliphatic carbocycles. The highest BCUT2D eigenvalue weighted by Gasteiger charge is 2.35. The van der Waals surface area contributed by atoms with E-state index >= 15 is 0 Å². The third-order valence-corrected chi connectivity index (χ3v) is 10.1. The molecule has 0 fully saturated rings. The van der Waals surface area contributed by atoms with Crippen LogP contribution in [0.4, 0.5) is 5.69 Å². The first-order chi connectivity index (χ1) is 22.4. The molecule has 1 N–H and O–H groups in total. The number of sulfonamides is 1. The van der Waals surface area contributed by atoms with Gasteiger partial charge in [0, 0.05) is 19.5 Å². The Balaban J connectivity index is 1.83. The van der Waals surface area contributed by atoms with Gasteiger partial charge in [0.15, 0.2) is 0 Å². The van der Waals surface area contributed by atoms with Gasteiger partial charge in [-0.15, -0.1) is 0 Å². The number of benzene rings is 4. The smallest absolute Gasteiger partial charge is 0.264 e. The molecule has 0 spiro atoms. The average molecular weight is 717 g/mol. The number of nitrogens with zero attached hydrogens (tertiary/aromatic N) is 2. The van der Waals surface area contributed by atoms with E-state index in [0.717, 1.165) is 9.87 Å². The number of rotatable bonds is 14. The quantitative estimate of drug-likeness (QED) is 0.148. The maximum absolute atomic E-state index is 14.6. The van der Waals surface area contributed by atoms with Gasteiger partial charge in [-0.25, -0.2) is 8.42 Å². The van der Waals surface area contributed by atoms with E-state index in [4.69, 9.17) is 39.5 Å². The number of anilines is 1. The van der Waals surface area contributed by atoms with E-state index in [2.05, 4.69) is 5.32 Å². The SMILES string of the molecule is COc1ccc(N(CC(=O)N(Cc2ccc(Cl)c(Cl)c2)[C@@H](Cc2ccccc2)C(=O)NCC(C)C)S(=O)(=O)c2ccccc2)cc1Cl. The Morgan fingerprint density at radius 3 is 2.06 bits per heavy atom. The van der Waals surface area contributed by atoms with Crippen LogP contribution >= 0.6 is 34.8 Å². The lowest BCUT2D eigenvalue weighted by Crippen LogP contribution is -2.53. The van der Waals surface area contributed by atoms with E-state index in [0.29, 0.717) is 22.9 Å². The monoisotopic (exact) mass is 715 g/mol. The maximum Gasteiger partial charge on any atom is 0.264 e. The molecule has 4 aromatic rings. The second-order valence-electron chi connectivity index (χ2n) is 11.3. The summed E-state index contributed by atoms with van der Waals surface area (Å²) in [5, 5.41) is 3.74. The largest absolute Gasteiger partial charge is 0.495 e. The zero-order valence-corrected chi connectivity index (χ0v) is 29.3. The second kappa shape index (κ2) is 16.4. The molecule has 1 atom stereocenters. The van der Waals surface area contributed by atoms with Crippen molar-refractivity contribution < 1.29 is 22.7 Å². The molecule has 0 aliphatic heterocycles. The summed E-state index contributed by atoms with van der Waals surface area (Å²) >= 11 is 18.9. The van der Waals surface area contributed by atoms with Crippen molar-refractivity contribution in [3.63, 3.8) is 0 Å². The van der Waals surface area contributed by atoms with Gasteiger partial charge in [0.1, 0.15) is 18.3 Å². The van der Waals surface area contributed by atoms with Crippen LogP contribution in [0, 0.1) is 5.92 Å². The van der Waals surface area contributed by atoms with Crippen molar-refractivity contribution in [2.45, 2.75) is 37.8 Å². The Morgan fingerprint density at radius 2 is 1.47 bits per heavy atom. The highest BCUT2D eigenvalue weighted by Crippen LogP contribution is 2.32. The summed E-state index contributed by atoms with van der Waals surface area (Å²) in [5.74, 6) is -0.504. The van der Waals surface area contributed by atoms with Crippen molar-refractivity contribution in [1.29, 1.82) is 0 Å². The van der Waals surface area contributed by atoms with Crippen LogP contribution in [0.2, 0.25) is 15.1 Å². The highest BCUT2D eigenvalue weighted by atomic mass is 35.5. The molecule has 8 nitrogen and oxygen atoms in total. The number of hydrogen-bond donors (Lipinski definition) is 1. The zero-order valence-electron chi connectivity index (χ0n) is 26.2. The van der Waals surface area contributed by atoms with Gasteiger partial charge in [-0.05, 0) is 59.5 Å². The first kappa shape index (κ1) is 36.1. The Hall–Kier alpha value is -3.76. The van der Waals surface area contributed by atoms with E-state index in [9.17, 15) is 18.0 Å². The molecule has 0 radical (unpaired) electrons. The van der Waals surface area contributed by atoms with E-state index in [-0.39, 0.29) is 45.4 Å². The molecule has 0 bridgehead atoms. The van der Waals surface area contributed by atoms with Crippen LogP contribution in [0.25, 0.3) is 0 Å². The second-order valence-corrected chi connectivity index (χ2v) is 14.3. The molecule has 2 amide bonds. The van der Waals surface area contributed by atoms with Gasteiger partial charge in [0.25, 0.3) is 10.0 Å². The van der Waals surface area contributed by atoms with Crippen LogP contribution in [0.5, 0.6) is 5.75 Å². The minimum absolute atomic E-state index is 0.0220. The van der Waals surface area contributed by atoms with E-state index in [1.54, 1.807) is 36.4 Å². The number of carbonyl (C=O) groups is 2. The van der Waals surface area contributed by atoms with Crippen LogP contribution in [0.3, 0.4) is 0 Å². The summed E-state index contributed by atoms with van der Waals surface area (Å²) in [6.07, 6.45) is 0.178. The summed E-state index contributed by atoms with van der Waals surface area (Å²) < 4.78 is 34.5. The predicted molar refractivity (Wildman–Crippen MR) is 188 cm³/mol. The van der Waals surface area contributed by atoms with Crippen molar-refractivity contribution in [1.82, 2.24) is 10.2 Å². The molecule has 4 rings (SSSR count). The highest BCUT2D eigenvalue weighted by molar-refractivity contribution is 7.92. The van der Waals surface area contributed by atoms with Gasteiger partial charge in [0.05, 0.1) is 32.8 Å². The Bertz CT molecular complexity index is 1790. The number of ether oxygens (including phenoxy) is 1. The maximum atomic E-state index is 14.6. The summed E-state index contributed by atoms with van der Waals surface area (Å²) in [5.41, 5.74) is 1.57. The van der Waals surface area contributed by atoms with E-state index in [1.165, 1.54) is 42.3 Å². The minimum atomic E-state index is -4.28. The third kappa shape index (κ3) is 9.41. The summed E-state index contributed by atoms with van der Waals surface area (Å²) in [6.45, 7) is 3.64. The van der Waals surface area contributed by atoms with Crippen LogP contribution in [-0.2, 0) is 32.6 Å². The summed E-state index contributed by atoms with van der Waals surface area (Å²) in [6, 6.07) is 25.5. The Morgan fingerprint density at radius 1 is 0.809 bits per heavy atom. The fraction of sp³-hybridized carbons (Fsp3) is 0.257. The predicted octanol–water partition coefficient (Wildman–Crippen LogP) is 7.26. The molecule has 0 aliphatic rings. The topological polar surface area (TPSA) is 96.0 Å². The van der Waals surface area contributed by atoms with Crippen molar-refractivity contribution >= 4 is 62.3 Å². The molecule has 0 aromatic heterocycles. The number of halogens is 3. The van der Waals surface area contributed by atoms with E-state index < -0.39 is 28.5 Å². The number of carbonyl (C=O) groups excluding carboxylic acids is 2. The first-order valence-electron chi connectivity index (χ1n) is 14.9. The lowest BCUT2D eigenvalue weighted by Gasteiger charge is -2.34. The molecule has 12 heteroatoms. The molecule has 0 heterocycles. The minimum Gasteiger partial charge on any atom is -0.495 e. The lowest BCUT2D eigenvalue weighted by molar-refractivity contribution is -0.140. The molecule has 0 unspecified atom stereocenters. The molecule has 4 aromatic carbocycles. The lowest BCUT2D eigenvalue weighted by atomic mass is 10.0. The Kier molecular flexibility index (Phi) is 12.6. The summed E-state index contributed by atoms with van der Waals surface area (Å²) in [7, 11) is -2.84. The molecule has 248 valence electrons. The van der Waals surface area contributed by atoms with Crippen LogP contribution in [-0.4, -0.2) is 51.4 Å². The molecular formula is C35H36Cl3N3O5S. The number of hydrogen-bond acceptors (Lipinski definition) is 5. The van der Waals surface area contributed by atoms with E-state index in [1.807, 2.05) is 44.2 Å². The van der Waals surface area contributed by atoms with Gasteiger partial charge in [0.2, 0.25) is 11.8 Å². The van der Waals surface area contributed by atoms with Crippen LogP contribution < -0.4 is 14.4 Å². The van der Waals surface area contributed by atoms with Crippen molar-refractivity contribution in [2.24, 2.45) is 5.92 Å². The molecule has 47 heavy (non-hydrogen) atoms. The van der Waals surface area contributed by atoms with Gasteiger partial charge in [-0.3, -0.25) is 13.9 Å². The van der Waals surface area contributed by atoms with Crippen molar-refractivity contribution in [3.8, 4) is 5.75 Å². The van der Waals surface area contributed by atoms with Gasteiger partial charge in [-0.1, -0.05) is 103 Å². The van der Waals surface area contributed by atoms with Crippen molar-refractivity contribution in [3.05, 3.63) is 123 Å². The summed E-state index contributed by atoms with van der Waals surface area (Å²) in [4.78, 5) is 29.8. The number of methoxy groups -OCH3 is 1. The molecule has 0 saturated carbocycles. The van der Waals surface area contributed by atoms with Gasteiger partial charge >= 0.3 is 0 Å². The van der Waals surface area contributed by atoms with Crippen LogP contribution in [0.1, 0.15) is 25.0 Å². The van der Waals surface area contributed by atoms with Crippen molar-refractivity contribution in [2.75, 3.05) is 24.5 Å². The third-order valence-electron chi connectivity index (χ3n) is 7.33. The Labute approximate surface area is 291 Å². The van der Waals surface area contributed by atoms with Gasteiger partial charge < -0.3 is 15.0 Å². The standard InChI is InChI=1S/C35H36Cl3N3O5S/c1-24(2)21-39-35(43)32(19-25-10-6-4-7-11-25)40(22-26-14-16-29(36)30(37)18-26)34(42)23-41(27-15-17-33(46-3)31(38)20-27)47(44,45)28-12-8-5-9-13-28/h4-18,20,24,32H,19,21-23H2,1-3H3,(H,39,43)/t32-/m0/s1. The zero-order chi connectivity index (χ0) is 34.1. The number of amides is 2. The molecular weight excluding hydrogens is 681 g/mol.